The Hall–Kier alpha value is 0.720. The van der Waals surface area contributed by atoms with Gasteiger partial charge in [-0.1, -0.05) is 11.6 Å². The van der Waals surface area contributed by atoms with E-state index in [4.69, 9.17) is 11.6 Å². The van der Waals surface area contributed by atoms with Crippen LogP contribution in [0.15, 0.2) is 11.6 Å². The van der Waals surface area contributed by atoms with Crippen molar-refractivity contribution in [2.75, 3.05) is 19.0 Å². The summed E-state index contributed by atoms with van der Waals surface area (Å²) in [5.41, 5.74) is 1.39. The molecule has 0 aliphatic carbocycles. The molecule has 1 heterocycles. The van der Waals surface area contributed by atoms with Crippen LogP contribution >= 0.6 is 34.5 Å². The molecule has 9 heavy (non-hydrogen) atoms. The average molecular weight is 258 g/mol. The highest BCUT2D eigenvalue weighted by atomic mass is 127. The lowest BCUT2D eigenvalue weighted by atomic mass is 10.1. The van der Waals surface area contributed by atoms with Crippen molar-refractivity contribution < 1.29 is 0 Å². The van der Waals surface area contributed by atoms with Crippen molar-refractivity contribution in [2.24, 2.45) is 0 Å². The van der Waals surface area contributed by atoms with E-state index in [1.165, 1.54) is 5.57 Å². The van der Waals surface area contributed by atoms with E-state index in [9.17, 15) is 0 Å². The van der Waals surface area contributed by atoms with Crippen molar-refractivity contribution in [3.8, 4) is 0 Å². The minimum absolute atomic E-state index is 0.713. The molecule has 0 aromatic carbocycles. The van der Waals surface area contributed by atoms with Gasteiger partial charge >= 0.3 is 0 Å². The second-order valence-corrected chi connectivity index (χ2v) is 3.75. The Labute approximate surface area is 74.5 Å². The summed E-state index contributed by atoms with van der Waals surface area (Å²) in [6.07, 6.45) is 3.36. The van der Waals surface area contributed by atoms with Crippen LogP contribution < -0.4 is 0 Å². The van der Waals surface area contributed by atoms with Gasteiger partial charge in [0, 0.05) is 41.8 Å². The third kappa shape index (κ3) is 2.43. The lowest BCUT2D eigenvalue weighted by molar-refractivity contribution is 0.538. The van der Waals surface area contributed by atoms with Crippen LogP contribution in [0.1, 0.15) is 6.42 Å². The standard InChI is InChI=1S/C6H9ClIN/c7-5-6-1-3-9(8)4-2-6/h1H,2-5H2. The van der Waals surface area contributed by atoms with Crippen molar-refractivity contribution in [3.05, 3.63) is 11.6 Å². The molecule has 0 aromatic rings. The summed E-state index contributed by atoms with van der Waals surface area (Å²) >= 11 is 7.97. The molecule has 0 radical (unpaired) electrons. The lowest BCUT2D eigenvalue weighted by Gasteiger charge is -2.18. The van der Waals surface area contributed by atoms with Gasteiger partial charge < -0.3 is 0 Å². The summed E-state index contributed by atoms with van der Waals surface area (Å²) in [6.45, 7) is 2.21. The molecule has 1 aliphatic heterocycles. The van der Waals surface area contributed by atoms with Crippen molar-refractivity contribution in [1.29, 1.82) is 0 Å². The maximum atomic E-state index is 5.64. The Bertz CT molecular complexity index is 124. The second kappa shape index (κ2) is 3.78. The quantitative estimate of drug-likeness (QED) is 0.301. The van der Waals surface area contributed by atoms with Gasteiger partial charge in [0.15, 0.2) is 0 Å². The molecular formula is C6H9ClIN. The van der Waals surface area contributed by atoms with E-state index in [0.717, 1.165) is 19.5 Å². The minimum atomic E-state index is 0.713. The molecule has 0 atom stereocenters. The number of halogens is 2. The van der Waals surface area contributed by atoms with E-state index in [-0.39, 0.29) is 0 Å². The topological polar surface area (TPSA) is 3.24 Å². The van der Waals surface area contributed by atoms with E-state index in [2.05, 4.69) is 32.1 Å². The highest BCUT2D eigenvalue weighted by Gasteiger charge is 2.06. The van der Waals surface area contributed by atoms with Crippen LogP contribution in [0.4, 0.5) is 0 Å². The molecule has 0 saturated heterocycles. The number of hydrogen-bond donors (Lipinski definition) is 0. The highest BCUT2D eigenvalue weighted by Crippen LogP contribution is 2.14. The van der Waals surface area contributed by atoms with Crippen LogP contribution in [-0.2, 0) is 0 Å². The highest BCUT2D eigenvalue weighted by molar-refractivity contribution is 14.1. The van der Waals surface area contributed by atoms with Crippen molar-refractivity contribution in [3.63, 3.8) is 0 Å². The van der Waals surface area contributed by atoms with E-state index >= 15 is 0 Å². The largest absolute Gasteiger partial charge is 0.243 e. The number of hydrogen-bond acceptors (Lipinski definition) is 1. The molecule has 0 saturated carbocycles. The molecule has 0 spiro atoms. The third-order valence-corrected chi connectivity index (χ3v) is 2.64. The van der Waals surface area contributed by atoms with Crippen LogP contribution in [0.5, 0.6) is 0 Å². The molecular weight excluding hydrogens is 248 g/mol. The van der Waals surface area contributed by atoms with Gasteiger partial charge in [-0.15, -0.1) is 11.6 Å². The Morgan fingerprint density at radius 1 is 1.78 bits per heavy atom. The van der Waals surface area contributed by atoms with Gasteiger partial charge in [-0.05, 0) is 6.42 Å². The Morgan fingerprint density at radius 2 is 2.56 bits per heavy atom. The number of alkyl halides is 1. The number of rotatable bonds is 1. The SMILES string of the molecule is ClCC1=CCN(I)CC1. The lowest BCUT2D eigenvalue weighted by Crippen LogP contribution is -2.18. The van der Waals surface area contributed by atoms with Crippen molar-refractivity contribution in [1.82, 2.24) is 3.11 Å². The fourth-order valence-corrected chi connectivity index (χ4v) is 1.49. The molecule has 1 rings (SSSR count). The third-order valence-electron chi connectivity index (χ3n) is 1.43. The first kappa shape index (κ1) is 7.82. The van der Waals surface area contributed by atoms with Gasteiger partial charge in [-0.2, -0.15) is 0 Å². The fraction of sp³-hybridized carbons (Fsp3) is 0.667. The smallest absolute Gasteiger partial charge is 0.0434 e. The Balaban J connectivity index is 2.40. The summed E-state index contributed by atoms with van der Waals surface area (Å²) in [5, 5.41) is 0. The maximum Gasteiger partial charge on any atom is 0.0434 e. The summed E-state index contributed by atoms with van der Waals surface area (Å²) in [7, 11) is 0. The summed E-state index contributed by atoms with van der Waals surface area (Å²) in [5.74, 6) is 0.713. The van der Waals surface area contributed by atoms with Gasteiger partial charge in [0.2, 0.25) is 0 Å². The van der Waals surface area contributed by atoms with Crippen molar-refractivity contribution in [2.45, 2.75) is 6.42 Å². The fourth-order valence-electron chi connectivity index (χ4n) is 0.808. The van der Waals surface area contributed by atoms with Gasteiger partial charge in [-0.3, -0.25) is 0 Å². The maximum absolute atomic E-state index is 5.64. The molecule has 0 unspecified atom stereocenters. The van der Waals surface area contributed by atoms with Gasteiger partial charge in [0.25, 0.3) is 0 Å². The first-order chi connectivity index (χ1) is 4.33. The zero-order chi connectivity index (χ0) is 6.69. The normalized spacial score (nSPS) is 21.8. The first-order valence-electron chi connectivity index (χ1n) is 2.97. The molecule has 1 nitrogen and oxygen atoms in total. The van der Waals surface area contributed by atoms with Crippen LogP contribution in [0.3, 0.4) is 0 Å². The summed E-state index contributed by atoms with van der Waals surface area (Å²) in [6, 6.07) is 0. The predicted molar refractivity (Wildman–Crippen MR) is 49.0 cm³/mol. The van der Waals surface area contributed by atoms with E-state index < -0.39 is 0 Å². The Morgan fingerprint density at radius 3 is 3.00 bits per heavy atom. The van der Waals surface area contributed by atoms with E-state index in [1.54, 1.807) is 0 Å². The summed E-state index contributed by atoms with van der Waals surface area (Å²) < 4.78 is 2.26. The predicted octanol–water partition coefficient (Wildman–Crippen LogP) is 2.21. The van der Waals surface area contributed by atoms with Crippen LogP contribution in [0.2, 0.25) is 0 Å². The first-order valence-corrected chi connectivity index (χ1v) is 4.47. The van der Waals surface area contributed by atoms with Crippen LogP contribution in [0.25, 0.3) is 0 Å². The monoisotopic (exact) mass is 257 g/mol. The second-order valence-electron chi connectivity index (χ2n) is 2.11. The molecule has 0 N–H and O–H groups in total. The average Bonchev–Trinajstić information content (AvgIpc) is 1.90. The Kier molecular flexibility index (Phi) is 3.29. The molecule has 1 aliphatic rings. The van der Waals surface area contributed by atoms with E-state index in [1.807, 2.05) is 0 Å². The molecule has 0 bridgehead atoms. The zero-order valence-corrected chi connectivity index (χ0v) is 8.02. The number of nitrogens with zero attached hydrogens (tertiary/aromatic N) is 1. The van der Waals surface area contributed by atoms with Gasteiger partial charge in [0.1, 0.15) is 0 Å². The van der Waals surface area contributed by atoms with Gasteiger partial charge in [-0.25, -0.2) is 3.11 Å². The molecule has 52 valence electrons. The zero-order valence-electron chi connectivity index (χ0n) is 5.11. The van der Waals surface area contributed by atoms with Crippen LogP contribution in [0, 0.1) is 0 Å². The molecule has 0 fully saturated rings. The molecule has 0 aromatic heterocycles. The molecule has 3 heteroatoms. The minimum Gasteiger partial charge on any atom is -0.243 e. The molecule has 0 amide bonds. The van der Waals surface area contributed by atoms with Gasteiger partial charge in [0.05, 0.1) is 0 Å². The summed E-state index contributed by atoms with van der Waals surface area (Å²) in [4.78, 5) is 0. The van der Waals surface area contributed by atoms with E-state index in [0.29, 0.717) is 5.88 Å². The van der Waals surface area contributed by atoms with Crippen molar-refractivity contribution >= 4 is 34.5 Å². The van der Waals surface area contributed by atoms with Crippen LogP contribution in [-0.4, -0.2) is 22.1 Å².